The quantitative estimate of drug-likeness (QED) is 0.807. The van der Waals surface area contributed by atoms with E-state index in [1.54, 1.807) is 13.0 Å². The van der Waals surface area contributed by atoms with Crippen LogP contribution in [0.15, 0.2) is 18.2 Å². The highest BCUT2D eigenvalue weighted by Crippen LogP contribution is 2.14. The second kappa shape index (κ2) is 5.12. The molecule has 1 atom stereocenters. The molecule has 0 aliphatic heterocycles. The van der Waals surface area contributed by atoms with Gasteiger partial charge in [-0.3, -0.25) is 4.79 Å². The van der Waals surface area contributed by atoms with Crippen LogP contribution in [0.5, 0.6) is 0 Å². The standard InChI is InChI=1S/C11H12FN3O/c1-7(11(16)14-2)15-9-3-4-10(12)8(5-9)6-13/h3-5,7,15H,1-2H3,(H,14,16). The molecular weight excluding hydrogens is 209 g/mol. The first-order valence-corrected chi connectivity index (χ1v) is 4.76. The SMILES string of the molecule is CNC(=O)C(C)Nc1ccc(F)c(C#N)c1. The van der Waals surface area contributed by atoms with Crippen molar-refractivity contribution in [2.24, 2.45) is 0 Å². The first kappa shape index (κ1) is 12.0. The van der Waals surface area contributed by atoms with Gasteiger partial charge in [-0.2, -0.15) is 5.26 Å². The molecule has 1 aromatic carbocycles. The summed E-state index contributed by atoms with van der Waals surface area (Å²) in [7, 11) is 1.53. The van der Waals surface area contributed by atoms with Crippen molar-refractivity contribution in [3.63, 3.8) is 0 Å². The number of carbonyl (C=O) groups is 1. The van der Waals surface area contributed by atoms with Crippen LogP contribution in [-0.4, -0.2) is 19.0 Å². The summed E-state index contributed by atoms with van der Waals surface area (Å²) in [5.74, 6) is -0.747. The third kappa shape index (κ3) is 2.70. The molecule has 0 aromatic heterocycles. The molecule has 0 heterocycles. The molecule has 0 radical (unpaired) electrons. The molecule has 0 spiro atoms. The Balaban J connectivity index is 2.83. The van der Waals surface area contributed by atoms with Crippen molar-refractivity contribution in [1.82, 2.24) is 5.32 Å². The number of benzene rings is 1. The van der Waals surface area contributed by atoms with Crippen LogP contribution in [0, 0.1) is 17.1 Å². The lowest BCUT2D eigenvalue weighted by Gasteiger charge is -2.13. The minimum Gasteiger partial charge on any atom is -0.374 e. The molecule has 16 heavy (non-hydrogen) atoms. The number of nitriles is 1. The van der Waals surface area contributed by atoms with Crippen molar-refractivity contribution in [2.45, 2.75) is 13.0 Å². The summed E-state index contributed by atoms with van der Waals surface area (Å²) in [6.45, 7) is 1.67. The van der Waals surface area contributed by atoms with E-state index in [0.29, 0.717) is 5.69 Å². The number of hydrogen-bond donors (Lipinski definition) is 2. The summed E-state index contributed by atoms with van der Waals surface area (Å²) >= 11 is 0. The molecule has 0 saturated heterocycles. The van der Waals surface area contributed by atoms with Crippen LogP contribution >= 0.6 is 0 Å². The van der Waals surface area contributed by atoms with Crippen LogP contribution in [0.3, 0.4) is 0 Å². The molecule has 2 N–H and O–H groups in total. The van der Waals surface area contributed by atoms with E-state index in [1.165, 1.54) is 25.2 Å². The van der Waals surface area contributed by atoms with Gasteiger partial charge in [-0.05, 0) is 25.1 Å². The second-order valence-electron chi connectivity index (χ2n) is 3.29. The van der Waals surface area contributed by atoms with Gasteiger partial charge in [0, 0.05) is 12.7 Å². The Hall–Kier alpha value is -2.09. The molecule has 0 aliphatic carbocycles. The number of rotatable bonds is 3. The molecule has 0 aliphatic rings. The monoisotopic (exact) mass is 221 g/mol. The fraction of sp³-hybridized carbons (Fsp3) is 0.273. The molecule has 0 saturated carbocycles. The number of anilines is 1. The van der Waals surface area contributed by atoms with E-state index in [0.717, 1.165) is 0 Å². The van der Waals surface area contributed by atoms with Gasteiger partial charge in [-0.25, -0.2) is 4.39 Å². The van der Waals surface area contributed by atoms with E-state index in [-0.39, 0.29) is 11.5 Å². The summed E-state index contributed by atoms with van der Waals surface area (Å²) in [6, 6.07) is 5.34. The molecule has 0 fully saturated rings. The molecule has 84 valence electrons. The van der Waals surface area contributed by atoms with Crippen LogP contribution in [0.4, 0.5) is 10.1 Å². The molecule has 5 heteroatoms. The van der Waals surface area contributed by atoms with E-state index in [9.17, 15) is 9.18 Å². The lowest BCUT2D eigenvalue weighted by Crippen LogP contribution is -2.35. The predicted octanol–water partition coefficient (Wildman–Crippen LogP) is 1.24. The van der Waals surface area contributed by atoms with Crippen molar-refractivity contribution in [1.29, 1.82) is 5.26 Å². The van der Waals surface area contributed by atoms with Gasteiger partial charge in [0.1, 0.15) is 17.9 Å². The minimum atomic E-state index is -0.569. The van der Waals surface area contributed by atoms with Gasteiger partial charge >= 0.3 is 0 Å². The molecular formula is C11H12FN3O. The molecule has 1 rings (SSSR count). The Morgan fingerprint density at radius 1 is 1.56 bits per heavy atom. The van der Waals surface area contributed by atoms with Crippen LogP contribution in [-0.2, 0) is 4.79 Å². The Morgan fingerprint density at radius 2 is 2.25 bits per heavy atom. The molecule has 0 bridgehead atoms. The van der Waals surface area contributed by atoms with Crippen molar-refractivity contribution >= 4 is 11.6 Å². The maximum atomic E-state index is 13.0. The zero-order valence-electron chi connectivity index (χ0n) is 9.04. The lowest BCUT2D eigenvalue weighted by molar-refractivity contribution is -0.121. The van der Waals surface area contributed by atoms with E-state index in [4.69, 9.17) is 5.26 Å². The zero-order chi connectivity index (χ0) is 12.1. The number of nitrogens with one attached hydrogen (secondary N) is 2. The van der Waals surface area contributed by atoms with Gasteiger partial charge in [0.25, 0.3) is 0 Å². The average molecular weight is 221 g/mol. The van der Waals surface area contributed by atoms with Gasteiger partial charge in [-0.1, -0.05) is 0 Å². The van der Waals surface area contributed by atoms with Crippen molar-refractivity contribution in [2.75, 3.05) is 12.4 Å². The van der Waals surface area contributed by atoms with Crippen LogP contribution in [0.2, 0.25) is 0 Å². The van der Waals surface area contributed by atoms with Crippen molar-refractivity contribution < 1.29 is 9.18 Å². The van der Waals surface area contributed by atoms with E-state index in [2.05, 4.69) is 10.6 Å². The summed E-state index contributed by atoms with van der Waals surface area (Å²) in [4.78, 5) is 11.2. The highest BCUT2D eigenvalue weighted by atomic mass is 19.1. The van der Waals surface area contributed by atoms with Crippen LogP contribution < -0.4 is 10.6 Å². The van der Waals surface area contributed by atoms with Gasteiger partial charge in [0.2, 0.25) is 5.91 Å². The minimum absolute atomic E-state index is 0.0471. The predicted molar refractivity (Wildman–Crippen MR) is 58.3 cm³/mol. The Kier molecular flexibility index (Phi) is 3.84. The summed E-state index contributed by atoms with van der Waals surface area (Å²) in [6.07, 6.45) is 0. The van der Waals surface area contributed by atoms with Gasteiger partial charge in [0.05, 0.1) is 5.56 Å². The highest BCUT2D eigenvalue weighted by Gasteiger charge is 2.11. The highest BCUT2D eigenvalue weighted by molar-refractivity contribution is 5.83. The largest absolute Gasteiger partial charge is 0.374 e. The fourth-order valence-electron chi connectivity index (χ4n) is 1.23. The number of nitrogens with zero attached hydrogens (tertiary/aromatic N) is 1. The molecule has 1 aromatic rings. The number of carbonyl (C=O) groups excluding carboxylic acids is 1. The molecule has 4 nitrogen and oxygen atoms in total. The average Bonchev–Trinajstić information content (AvgIpc) is 2.30. The second-order valence-corrected chi connectivity index (χ2v) is 3.29. The van der Waals surface area contributed by atoms with Crippen molar-refractivity contribution in [3.8, 4) is 6.07 Å². The normalized spacial score (nSPS) is 11.4. The third-order valence-corrected chi connectivity index (χ3v) is 2.11. The topological polar surface area (TPSA) is 64.9 Å². The smallest absolute Gasteiger partial charge is 0.241 e. The van der Waals surface area contributed by atoms with E-state index >= 15 is 0 Å². The van der Waals surface area contributed by atoms with Gasteiger partial charge < -0.3 is 10.6 Å². The van der Waals surface area contributed by atoms with E-state index in [1.807, 2.05) is 0 Å². The first-order chi connectivity index (χ1) is 7.58. The number of halogens is 1. The Bertz CT molecular complexity index is 439. The van der Waals surface area contributed by atoms with Crippen molar-refractivity contribution in [3.05, 3.63) is 29.6 Å². The number of amides is 1. The maximum absolute atomic E-state index is 13.0. The molecule has 1 unspecified atom stereocenters. The van der Waals surface area contributed by atoms with Crippen LogP contribution in [0.25, 0.3) is 0 Å². The summed E-state index contributed by atoms with van der Waals surface area (Å²) in [5.41, 5.74) is 0.489. The first-order valence-electron chi connectivity index (χ1n) is 4.76. The Morgan fingerprint density at radius 3 is 2.81 bits per heavy atom. The summed E-state index contributed by atoms with van der Waals surface area (Å²) < 4.78 is 13.0. The molecule has 1 amide bonds. The number of likely N-dealkylation sites (N-methyl/N-ethyl adjacent to an activating group) is 1. The van der Waals surface area contributed by atoms with Crippen LogP contribution in [0.1, 0.15) is 12.5 Å². The third-order valence-electron chi connectivity index (χ3n) is 2.11. The van der Waals surface area contributed by atoms with E-state index < -0.39 is 11.9 Å². The lowest BCUT2D eigenvalue weighted by atomic mass is 10.2. The zero-order valence-corrected chi connectivity index (χ0v) is 9.04. The van der Waals surface area contributed by atoms with Gasteiger partial charge in [-0.15, -0.1) is 0 Å². The fourth-order valence-corrected chi connectivity index (χ4v) is 1.23. The van der Waals surface area contributed by atoms with Gasteiger partial charge in [0.15, 0.2) is 0 Å². The maximum Gasteiger partial charge on any atom is 0.241 e. The number of hydrogen-bond acceptors (Lipinski definition) is 3. The Labute approximate surface area is 93.1 Å². The summed E-state index contributed by atoms with van der Waals surface area (Å²) in [5, 5.41) is 14.0.